The molecule has 0 fully saturated rings. The largest absolute Gasteiger partial charge is 0.496 e. The van der Waals surface area contributed by atoms with Gasteiger partial charge in [0.15, 0.2) is 0 Å². The van der Waals surface area contributed by atoms with Gasteiger partial charge in [-0.05, 0) is 23.6 Å². The highest BCUT2D eigenvalue weighted by Crippen LogP contribution is 2.31. The first kappa shape index (κ1) is 10.6. The van der Waals surface area contributed by atoms with Crippen molar-refractivity contribution >= 4 is 0 Å². The maximum absolute atomic E-state index is 8.80. The third-order valence-electron chi connectivity index (χ3n) is 2.14. The van der Waals surface area contributed by atoms with Crippen molar-refractivity contribution in [3.05, 3.63) is 29.3 Å². The Hall–Kier alpha value is -1.49. The lowest BCUT2D eigenvalue weighted by Crippen LogP contribution is -2.13. The van der Waals surface area contributed by atoms with Gasteiger partial charge in [-0.1, -0.05) is 20.8 Å². The van der Waals surface area contributed by atoms with Gasteiger partial charge in [-0.2, -0.15) is 5.26 Å². The molecule has 0 spiro atoms. The summed E-state index contributed by atoms with van der Waals surface area (Å²) in [4.78, 5) is 0. The molecule has 0 radical (unpaired) electrons. The normalized spacial score (nSPS) is 10.8. The van der Waals surface area contributed by atoms with Crippen molar-refractivity contribution in [3.8, 4) is 11.8 Å². The number of methoxy groups -OCH3 is 1. The molecule has 0 aliphatic carbocycles. The van der Waals surface area contributed by atoms with Crippen LogP contribution in [0.15, 0.2) is 18.2 Å². The molecule has 0 saturated carbocycles. The molecule has 0 N–H and O–H groups in total. The van der Waals surface area contributed by atoms with E-state index in [0.717, 1.165) is 11.3 Å². The summed E-state index contributed by atoms with van der Waals surface area (Å²) in [6.45, 7) is 6.31. The Morgan fingerprint density at radius 2 is 1.93 bits per heavy atom. The summed E-state index contributed by atoms with van der Waals surface area (Å²) >= 11 is 0. The van der Waals surface area contributed by atoms with Gasteiger partial charge >= 0.3 is 0 Å². The lowest BCUT2D eigenvalue weighted by atomic mass is 9.85. The Morgan fingerprint density at radius 1 is 1.29 bits per heavy atom. The standard InChI is InChI=1S/C12H15NO/c1-12(2,3)10-7-9(8-13)5-6-11(10)14-4/h5-7H,1-4H3. The van der Waals surface area contributed by atoms with Crippen LogP contribution >= 0.6 is 0 Å². The SMILES string of the molecule is COc1ccc(C#N)cc1C(C)(C)C. The van der Waals surface area contributed by atoms with Crippen LogP contribution in [-0.2, 0) is 5.41 Å². The van der Waals surface area contributed by atoms with Crippen LogP contribution < -0.4 is 4.74 Å². The maximum atomic E-state index is 8.80. The number of rotatable bonds is 1. The molecule has 0 aliphatic heterocycles. The minimum atomic E-state index is -0.00178. The molecule has 0 atom stereocenters. The molecule has 1 rings (SSSR count). The molecule has 1 aromatic carbocycles. The zero-order chi connectivity index (χ0) is 10.8. The van der Waals surface area contributed by atoms with Crippen LogP contribution in [0.1, 0.15) is 31.9 Å². The molecule has 0 unspecified atom stereocenters. The summed E-state index contributed by atoms with van der Waals surface area (Å²) < 4.78 is 5.26. The molecule has 2 nitrogen and oxygen atoms in total. The van der Waals surface area contributed by atoms with Gasteiger partial charge in [-0.15, -0.1) is 0 Å². The molecule has 0 amide bonds. The first-order valence-corrected chi connectivity index (χ1v) is 4.57. The average molecular weight is 189 g/mol. The zero-order valence-corrected chi connectivity index (χ0v) is 9.09. The summed E-state index contributed by atoms with van der Waals surface area (Å²) in [5.74, 6) is 0.844. The Morgan fingerprint density at radius 3 is 2.36 bits per heavy atom. The van der Waals surface area contributed by atoms with Crippen molar-refractivity contribution in [2.45, 2.75) is 26.2 Å². The van der Waals surface area contributed by atoms with Gasteiger partial charge in [0.2, 0.25) is 0 Å². The summed E-state index contributed by atoms with van der Waals surface area (Å²) in [5, 5.41) is 8.80. The second-order valence-electron chi connectivity index (χ2n) is 4.28. The van der Waals surface area contributed by atoms with E-state index in [0.29, 0.717) is 5.56 Å². The van der Waals surface area contributed by atoms with Crippen molar-refractivity contribution in [3.63, 3.8) is 0 Å². The van der Waals surface area contributed by atoms with Crippen LogP contribution in [0, 0.1) is 11.3 Å². The molecule has 0 bridgehead atoms. The number of hydrogen-bond acceptors (Lipinski definition) is 2. The zero-order valence-electron chi connectivity index (χ0n) is 9.09. The second kappa shape index (κ2) is 3.71. The van der Waals surface area contributed by atoms with Gasteiger partial charge in [-0.3, -0.25) is 0 Å². The third kappa shape index (κ3) is 2.05. The topological polar surface area (TPSA) is 33.0 Å². The highest BCUT2D eigenvalue weighted by Gasteiger charge is 2.18. The predicted molar refractivity (Wildman–Crippen MR) is 56.4 cm³/mol. The fourth-order valence-electron chi connectivity index (χ4n) is 1.36. The number of hydrogen-bond donors (Lipinski definition) is 0. The van der Waals surface area contributed by atoms with Gasteiger partial charge < -0.3 is 4.74 Å². The summed E-state index contributed by atoms with van der Waals surface area (Å²) in [7, 11) is 1.65. The van der Waals surface area contributed by atoms with E-state index in [1.807, 2.05) is 12.1 Å². The van der Waals surface area contributed by atoms with Crippen molar-refractivity contribution in [1.82, 2.24) is 0 Å². The predicted octanol–water partition coefficient (Wildman–Crippen LogP) is 2.86. The second-order valence-corrected chi connectivity index (χ2v) is 4.28. The molecule has 14 heavy (non-hydrogen) atoms. The van der Waals surface area contributed by atoms with Gasteiger partial charge in [-0.25, -0.2) is 0 Å². The van der Waals surface area contributed by atoms with E-state index in [1.54, 1.807) is 13.2 Å². The molecule has 74 valence electrons. The first-order valence-electron chi connectivity index (χ1n) is 4.57. The smallest absolute Gasteiger partial charge is 0.122 e. The van der Waals surface area contributed by atoms with Crippen LogP contribution in [0.2, 0.25) is 0 Å². The van der Waals surface area contributed by atoms with Crippen molar-refractivity contribution < 1.29 is 4.74 Å². The Labute approximate surface area is 85.1 Å². The summed E-state index contributed by atoms with van der Waals surface area (Å²) in [6, 6.07) is 7.64. The van der Waals surface area contributed by atoms with E-state index in [-0.39, 0.29) is 5.41 Å². The van der Waals surface area contributed by atoms with E-state index in [1.165, 1.54) is 0 Å². The Bertz CT molecular complexity index is 369. The highest BCUT2D eigenvalue weighted by atomic mass is 16.5. The lowest BCUT2D eigenvalue weighted by molar-refractivity contribution is 0.397. The molecule has 0 aromatic heterocycles. The molecule has 0 aliphatic rings. The van der Waals surface area contributed by atoms with Crippen molar-refractivity contribution in [2.24, 2.45) is 0 Å². The molecule has 0 saturated heterocycles. The highest BCUT2D eigenvalue weighted by molar-refractivity contribution is 5.45. The third-order valence-corrected chi connectivity index (χ3v) is 2.14. The van der Waals surface area contributed by atoms with E-state index in [4.69, 9.17) is 10.00 Å². The molecule has 0 heterocycles. The van der Waals surface area contributed by atoms with Crippen LogP contribution in [-0.4, -0.2) is 7.11 Å². The van der Waals surface area contributed by atoms with Crippen LogP contribution in [0.5, 0.6) is 5.75 Å². The molecular weight excluding hydrogens is 174 g/mol. The van der Waals surface area contributed by atoms with E-state index in [9.17, 15) is 0 Å². The van der Waals surface area contributed by atoms with Crippen LogP contribution in [0.25, 0.3) is 0 Å². The van der Waals surface area contributed by atoms with E-state index < -0.39 is 0 Å². The number of nitriles is 1. The van der Waals surface area contributed by atoms with Gasteiger partial charge in [0.05, 0.1) is 18.7 Å². The van der Waals surface area contributed by atoms with Crippen molar-refractivity contribution in [2.75, 3.05) is 7.11 Å². The van der Waals surface area contributed by atoms with Gasteiger partial charge in [0.1, 0.15) is 5.75 Å². The minimum Gasteiger partial charge on any atom is -0.496 e. The summed E-state index contributed by atoms with van der Waals surface area (Å²) in [5.41, 5.74) is 1.74. The summed E-state index contributed by atoms with van der Waals surface area (Å²) in [6.07, 6.45) is 0. The maximum Gasteiger partial charge on any atom is 0.122 e. The monoisotopic (exact) mass is 189 g/mol. The molecular formula is C12H15NO. The van der Waals surface area contributed by atoms with Gasteiger partial charge in [0.25, 0.3) is 0 Å². The van der Waals surface area contributed by atoms with Crippen molar-refractivity contribution in [1.29, 1.82) is 5.26 Å². The van der Waals surface area contributed by atoms with Gasteiger partial charge in [0, 0.05) is 5.56 Å². The quantitative estimate of drug-likeness (QED) is 0.680. The van der Waals surface area contributed by atoms with E-state index in [2.05, 4.69) is 26.8 Å². The number of ether oxygens (including phenoxy) is 1. The van der Waals surface area contributed by atoms with Crippen LogP contribution in [0.4, 0.5) is 0 Å². The number of nitrogens with zero attached hydrogens (tertiary/aromatic N) is 1. The molecule has 2 heteroatoms. The molecule has 1 aromatic rings. The minimum absolute atomic E-state index is 0.00178. The van der Waals surface area contributed by atoms with Crippen LogP contribution in [0.3, 0.4) is 0 Å². The number of benzene rings is 1. The first-order chi connectivity index (χ1) is 6.49. The average Bonchev–Trinajstić information content (AvgIpc) is 2.15. The van der Waals surface area contributed by atoms with E-state index >= 15 is 0 Å². The lowest BCUT2D eigenvalue weighted by Gasteiger charge is -2.22. The Kier molecular flexibility index (Phi) is 2.81. The fraction of sp³-hybridized carbons (Fsp3) is 0.417. The Balaban J connectivity index is 3.31. The fourth-order valence-corrected chi connectivity index (χ4v) is 1.36.